The van der Waals surface area contributed by atoms with Crippen LogP contribution < -0.4 is 10.6 Å². The second-order valence-electron chi connectivity index (χ2n) is 7.01. The van der Waals surface area contributed by atoms with Gasteiger partial charge in [0, 0.05) is 12.1 Å². The standard InChI is InChI=1S/C22H26N2O4/c1-15(2)11-12-21(26)28-14-20(25)24-19-10-5-4-9-18(19)22(27)23-17-8-6-7-16(3)13-17/h4-10,13,15H,11-12,14H2,1-3H3,(H,23,27)(H,24,25). The quantitative estimate of drug-likeness (QED) is 0.671. The number of hydrogen-bond acceptors (Lipinski definition) is 4. The molecule has 0 aliphatic heterocycles. The molecule has 0 saturated carbocycles. The zero-order valence-corrected chi connectivity index (χ0v) is 16.5. The van der Waals surface area contributed by atoms with Gasteiger partial charge in [-0.15, -0.1) is 0 Å². The first-order chi connectivity index (χ1) is 13.3. The Labute approximate surface area is 165 Å². The topological polar surface area (TPSA) is 84.5 Å². The molecule has 2 amide bonds. The van der Waals surface area contributed by atoms with Crippen molar-refractivity contribution in [3.63, 3.8) is 0 Å². The molecule has 28 heavy (non-hydrogen) atoms. The van der Waals surface area contributed by atoms with Gasteiger partial charge in [0.2, 0.25) is 0 Å². The number of ether oxygens (including phenoxy) is 1. The van der Waals surface area contributed by atoms with Gasteiger partial charge in [-0.3, -0.25) is 14.4 Å². The molecule has 0 unspecified atom stereocenters. The average molecular weight is 382 g/mol. The molecule has 2 N–H and O–H groups in total. The molecule has 2 aromatic rings. The van der Waals surface area contributed by atoms with Gasteiger partial charge in [0.15, 0.2) is 6.61 Å². The molecule has 0 aliphatic rings. The van der Waals surface area contributed by atoms with Crippen molar-refractivity contribution in [2.45, 2.75) is 33.6 Å². The summed E-state index contributed by atoms with van der Waals surface area (Å²) >= 11 is 0. The van der Waals surface area contributed by atoms with E-state index < -0.39 is 11.9 Å². The van der Waals surface area contributed by atoms with Crippen LogP contribution in [-0.2, 0) is 14.3 Å². The Morgan fingerprint density at radius 1 is 1.00 bits per heavy atom. The molecule has 0 atom stereocenters. The molecule has 0 heterocycles. The molecule has 148 valence electrons. The van der Waals surface area contributed by atoms with Crippen molar-refractivity contribution in [1.29, 1.82) is 0 Å². The number of benzene rings is 2. The first kappa shape index (κ1) is 21.2. The van der Waals surface area contributed by atoms with E-state index in [4.69, 9.17) is 4.74 Å². The van der Waals surface area contributed by atoms with Gasteiger partial charge in [0.25, 0.3) is 11.8 Å². The van der Waals surface area contributed by atoms with Gasteiger partial charge in [-0.2, -0.15) is 0 Å². The largest absolute Gasteiger partial charge is 0.456 e. The van der Waals surface area contributed by atoms with Crippen LogP contribution in [0, 0.1) is 12.8 Å². The van der Waals surface area contributed by atoms with E-state index in [0.717, 1.165) is 5.56 Å². The van der Waals surface area contributed by atoms with Crippen LogP contribution in [0.1, 0.15) is 42.6 Å². The van der Waals surface area contributed by atoms with Gasteiger partial charge < -0.3 is 15.4 Å². The molecule has 0 spiro atoms. The summed E-state index contributed by atoms with van der Waals surface area (Å²) in [5.74, 6) is -0.848. The van der Waals surface area contributed by atoms with Gasteiger partial charge in [-0.25, -0.2) is 0 Å². The Balaban J connectivity index is 1.96. The summed E-state index contributed by atoms with van der Waals surface area (Å²) in [6, 6.07) is 14.1. The lowest BCUT2D eigenvalue weighted by atomic mass is 10.1. The summed E-state index contributed by atoms with van der Waals surface area (Å²) < 4.78 is 4.98. The van der Waals surface area contributed by atoms with Crippen molar-refractivity contribution in [1.82, 2.24) is 0 Å². The van der Waals surface area contributed by atoms with Crippen molar-refractivity contribution in [3.8, 4) is 0 Å². The van der Waals surface area contributed by atoms with Crippen molar-refractivity contribution in [3.05, 3.63) is 59.7 Å². The molecule has 2 aromatic carbocycles. The summed E-state index contributed by atoms with van der Waals surface area (Å²) in [4.78, 5) is 36.4. The fourth-order valence-corrected chi connectivity index (χ4v) is 2.52. The lowest BCUT2D eigenvalue weighted by molar-refractivity contribution is -0.147. The SMILES string of the molecule is Cc1cccc(NC(=O)c2ccccc2NC(=O)COC(=O)CCC(C)C)c1. The van der Waals surface area contributed by atoms with Crippen LogP contribution in [0.4, 0.5) is 11.4 Å². The van der Waals surface area contributed by atoms with Crippen LogP contribution in [0.5, 0.6) is 0 Å². The average Bonchev–Trinajstić information content (AvgIpc) is 2.65. The minimum Gasteiger partial charge on any atom is -0.456 e. The smallest absolute Gasteiger partial charge is 0.306 e. The monoisotopic (exact) mass is 382 g/mol. The minimum atomic E-state index is -0.492. The van der Waals surface area contributed by atoms with Gasteiger partial charge >= 0.3 is 5.97 Å². The summed E-state index contributed by atoms with van der Waals surface area (Å²) in [5.41, 5.74) is 2.38. The van der Waals surface area contributed by atoms with E-state index in [9.17, 15) is 14.4 Å². The summed E-state index contributed by atoms with van der Waals surface area (Å²) in [6.45, 7) is 5.58. The molecular weight excluding hydrogens is 356 g/mol. The van der Waals surface area contributed by atoms with Crippen LogP contribution in [-0.4, -0.2) is 24.4 Å². The lowest BCUT2D eigenvalue weighted by Gasteiger charge is -2.12. The molecule has 0 fully saturated rings. The third-order valence-corrected chi connectivity index (χ3v) is 4.01. The number of carbonyl (C=O) groups is 3. The van der Waals surface area contributed by atoms with E-state index in [1.807, 2.05) is 39.0 Å². The number of para-hydroxylation sites is 1. The highest BCUT2D eigenvalue weighted by atomic mass is 16.5. The normalized spacial score (nSPS) is 10.4. The van der Waals surface area contributed by atoms with Crippen LogP contribution >= 0.6 is 0 Å². The zero-order chi connectivity index (χ0) is 20.5. The Kier molecular flexibility index (Phi) is 7.75. The van der Waals surface area contributed by atoms with Crippen molar-refractivity contribution < 1.29 is 19.1 Å². The highest BCUT2D eigenvalue weighted by molar-refractivity contribution is 6.10. The number of amides is 2. The van der Waals surface area contributed by atoms with Crippen LogP contribution in [0.15, 0.2) is 48.5 Å². The second kappa shape index (κ2) is 10.3. The number of hydrogen-bond donors (Lipinski definition) is 2. The second-order valence-corrected chi connectivity index (χ2v) is 7.01. The molecule has 6 nitrogen and oxygen atoms in total. The Hall–Kier alpha value is -3.15. The summed E-state index contributed by atoms with van der Waals surface area (Å²) in [7, 11) is 0. The molecule has 2 rings (SSSR count). The third kappa shape index (κ3) is 6.87. The summed E-state index contributed by atoms with van der Waals surface area (Å²) in [6.07, 6.45) is 0.989. The molecular formula is C22H26N2O4. The van der Waals surface area contributed by atoms with Crippen LogP contribution in [0.25, 0.3) is 0 Å². The third-order valence-electron chi connectivity index (χ3n) is 4.01. The van der Waals surface area contributed by atoms with E-state index in [1.54, 1.807) is 30.3 Å². The maximum atomic E-state index is 12.6. The van der Waals surface area contributed by atoms with Crippen molar-refractivity contribution in [2.24, 2.45) is 5.92 Å². The first-order valence-electron chi connectivity index (χ1n) is 9.27. The fraction of sp³-hybridized carbons (Fsp3) is 0.318. The molecule has 0 aromatic heterocycles. The van der Waals surface area contributed by atoms with E-state index >= 15 is 0 Å². The maximum Gasteiger partial charge on any atom is 0.306 e. The Bertz CT molecular complexity index is 846. The predicted molar refractivity (Wildman–Crippen MR) is 109 cm³/mol. The molecule has 0 saturated heterocycles. The van der Waals surface area contributed by atoms with Crippen molar-refractivity contribution in [2.75, 3.05) is 17.2 Å². The molecule has 0 radical (unpaired) electrons. The number of carbonyl (C=O) groups excluding carboxylic acids is 3. The van der Waals surface area contributed by atoms with E-state index in [0.29, 0.717) is 29.3 Å². The van der Waals surface area contributed by atoms with E-state index in [-0.39, 0.29) is 18.9 Å². The highest BCUT2D eigenvalue weighted by Crippen LogP contribution is 2.18. The van der Waals surface area contributed by atoms with Crippen LogP contribution in [0.3, 0.4) is 0 Å². The van der Waals surface area contributed by atoms with Gasteiger partial charge in [-0.1, -0.05) is 38.1 Å². The maximum absolute atomic E-state index is 12.6. The summed E-state index contributed by atoms with van der Waals surface area (Å²) in [5, 5.41) is 5.45. The van der Waals surface area contributed by atoms with Gasteiger partial charge in [-0.05, 0) is 49.1 Å². The number of anilines is 2. The van der Waals surface area contributed by atoms with Gasteiger partial charge in [0.1, 0.15) is 0 Å². The zero-order valence-electron chi connectivity index (χ0n) is 16.5. The molecule has 6 heteroatoms. The van der Waals surface area contributed by atoms with E-state index in [2.05, 4.69) is 10.6 Å². The molecule has 0 aliphatic carbocycles. The Morgan fingerprint density at radius 2 is 1.75 bits per heavy atom. The highest BCUT2D eigenvalue weighted by Gasteiger charge is 2.15. The fourth-order valence-electron chi connectivity index (χ4n) is 2.52. The Morgan fingerprint density at radius 3 is 2.46 bits per heavy atom. The van der Waals surface area contributed by atoms with Crippen LogP contribution in [0.2, 0.25) is 0 Å². The minimum absolute atomic E-state index is 0.278. The molecule has 0 bridgehead atoms. The predicted octanol–water partition coefficient (Wildman–Crippen LogP) is 4.17. The number of esters is 1. The lowest BCUT2D eigenvalue weighted by Crippen LogP contribution is -2.23. The van der Waals surface area contributed by atoms with Gasteiger partial charge in [0.05, 0.1) is 11.3 Å². The van der Waals surface area contributed by atoms with Crippen molar-refractivity contribution >= 4 is 29.2 Å². The number of aryl methyl sites for hydroxylation is 1. The number of rotatable bonds is 8. The van der Waals surface area contributed by atoms with E-state index in [1.165, 1.54) is 0 Å². The first-order valence-corrected chi connectivity index (χ1v) is 9.27. The number of nitrogens with one attached hydrogen (secondary N) is 2.